The van der Waals surface area contributed by atoms with Gasteiger partial charge in [0.05, 0.1) is 6.26 Å². The SMILES string of the molecule is CN1CC2CCN(S(C)(=O)=O)C2C1. The average Bonchev–Trinajstić information content (AvgIpc) is 2.41. The van der Waals surface area contributed by atoms with Gasteiger partial charge in [0.15, 0.2) is 0 Å². The molecule has 4 nitrogen and oxygen atoms in total. The van der Waals surface area contributed by atoms with Crippen LogP contribution >= 0.6 is 0 Å². The van der Waals surface area contributed by atoms with Crippen molar-refractivity contribution in [2.24, 2.45) is 5.92 Å². The zero-order valence-electron chi connectivity index (χ0n) is 8.10. The Bertz CT molecular complexity index is 301. The molecular formula is C8H16N2O2S. The number of likely N-dealkylation sites (N-methyl/N-ethyl adjacent to an activating group) is 1. The molecule has 2 aliphatic heterocycles. The van der Waals surface area contributed by atoms with Crippen LogP contribution in [0.5, 0.6) is 0 Å². The lowest BCUT2D eigenvalue weighted by atomic mass is 10.1. The number of fused-ring (bicyclic) bond motifs is 1. The van der Waals surface area contributed by atoms with E-state index in [0.717, 1.165) is 26.1 Å². The zero-order valence-corrected chi connectivity index (χ0v) is 8.92. The molecule has 2 aliphatic rings. The first-order valence-electron chi connectivity index (χ1n) is 4.64. The highest BCUT2D eigenvalue weighted by molar-refractivity contribution is 7.88. The summed E-state index contributed by atoms with van der Waals surface area (Å²) in [5, 5.41) is 0. The molecule has 13 heavy (non-hydrogen) atoms. The highest BCUT2D eigenvalue weighted by Gasteiger charge is 2.43. The number of rotatable bonds is 1. The van der Waals surface area contributed by atoms with E-state index in [9.17, 15) is 8.42 Å². The van der Waals surface area contributed by atoms with Crippen LogP contribution in [0.2, 0.25) is 0 Å². The molecule has 76 valence electrons. The highest BCUT2D eigenvalue weighted by atomic mass is 32.2. The monoisotopic (exact) mass is 204 g/mol. The summed E-state index contributed by atoms with van der Waals surface area (Å²) in [6, 6.07) is 0.250. The van der Waals surface area contributed by atoms with Crippen LogP contribution in [0.1, 0.15) is 6.42 Å². The maximum atomic E-state index is 11.4. The van der Waals surface area contributed by atoms with Crippen molar-refractivity contribution >= 4 is 10.0 Å². The molecule has 2 unspecified atom stereocenters. The highest BCUT2D eigenvalue weighted by Crippen LogP contribution is 2.31. The Morgan fingerprint density at radius 2 is 2.00 bits per heavy atom. The third-order valence-electron chi connectivity index (χ3n) is 3.11. The first-order valence-corrected chi connectivity index (χ1v) is 6.48. The fraction of sp³-hybridized carbons (Fsp3) is 1.00. The van der Waals surface area contributed by atoms with E-state index in [2.05, 4.69) is 11.9 Å². The molecule has 2 atom stereocenters. The molecule has 0 spiro atoms. The Labute approximate surface area is 79.6 Å². The molecule has 0 bridgehead atoms. The van der Waals surface area contributed by atoms with Crippen molar-refractivity contribution in [3.63, 3.8) is 0 Å². The average molecular weight is 204 g/mol. The Morgan fingerprint density at radius 1 is 1.31 bits per heavy atom. The van der Waals surface area contributed by atoms with E-state index < -0.39 is 10.0 Å². The van der Waals surface area contributed by atoms with Crippen molar-refractivity contribution < 1.29 is 8.42 Å². The summed E-state index contributed by atoms with van der Waals surface area (Å²) in [7, 11) is -0.919. The molecule has 0 radical (unpaired) electrons. The first-order chi connectivity index (χ1) is 5.98. The van der Waals surface area contributed by atoms with Crippen LogP contribution in [0, 0.1) is 5.92 Å². The smallest absolute Gasteiger partial charge is 0.211 e. The Balaban J connectivity index is 2.18. The van der Waals surface area contributed by atoms with Crippen LogP contribution in [0.4, 0.5) is 0 Å². The third kappa shape index (κ3) is 1.60. The molecular weight excluding hydrogens is 188 g/mol. The summed E-state index contributed by atoms with van der Waals surface area (Å²) in [5.74, 6) is 0.569. The first kappa shape index (κ1) is 9.43. The fourth-order valence-electron chi connectivity index (χ4n) is 2.55. The van der Waals surface area contributed by atoms with Gasteiger partial charge in [0.2, 0.25) is 10.0 Å². The van der Waals surface area contributed by atoms with Gasteiger partial charge in [-0.15, -0.1) is 0 Å². The Morgan fingerprint density at radius 3 is 2.62 bits per heavy atom. The van der Waals surface area contributed by atoms with E-state index in [-0.39, 0.29) is 6.04 Å². The second kappa shape index (κ2) is 2.93. The lowest BCUT2D eigenvalue weighted by Crippen LogP contribution is -2.38. The minimum absolute atomic E-state index is 0.250. The van der Waals surface area contributed by atoms with Crippen molar-refractivity contribution in [3.8, 4) is 0 Å². The molecule has 0 aromatic heterocycles. The number of nitrogens with zero attached hydrogens (tertiary/aromatic N) is 2. The molecule has 0 amide bonds. The summed E-state index contributed by atoms with van der Waals surface area (Å²) >= 11 is 0. The van der Waals surface area contributed by atoms with Crippen molar-refractivity contribution in [1.29, 1.82) is 0 Å². The van der Waals surface area contributed by atoms with E-state index in [1.54, 1.807) is 4.31 Å². The molecule has 0 aromatic rings. The minimum atomic E-state index is -2.97. The molecule has 2 saturated heterocycles. The Hall–Kier alpha value is -0.130. The third-order valence-corrected chi connectivity index (χ3v) is 4.41. The summed E-state index contributed by atoms with van der Waals surface area (Å²) in [6.07, 6.45) is 2.34. The maximum Gasteiger partial charge on any atom is 0.211 e. The van der Waals surface area contributed by atoms with Gasteiger partial charge in [0, 0.05) is 25.7 Å². The van der Waals surface area contributed by atoms with Crippen LogP contribution in [-0.4, -0.2) is 56.6 Å². The van der Waals surface area contributed by atoms with Gasteiger partial charge in [-0.2, -0.15) is 4.31 Å². The predicted molar refractivity (Wildman–Crippen MR) is 50.9 cm³/mol. The second-order valence-corrected chi connectivity index (χ2v) is 6.15. The van der Waals surface area contributed by atoms with Crippen molar-refractivity contribution in [1.82, 2.24) is 9.21 Å². The van der Waals surface area contributed by atoms with Crippen LogP contribution in [0.3, 0.4) is 0 Å². The van der Waals surface area contributed by atoms with E-state index in [1.165, 1.54) is 6.26 Å². The normalized spacial score (nSPS) is 36.8. The van der Waals surface area contributed by atoms with Crippen molar-refractivity contribution in [2.75, 3.05) is 32.9 Å². The van der Waals surface area contributed by atoms with Gasteiger partial charge in [-0.3, -0.25) is 0 Å². The number of hydrogen-bond acceptors (Lipinski definition) is 3. The predicted octanol–water partition coefficient (Wildman–Crippen LogP) is -0.418. The summed E-state index contributed by atoms with van der Waals surface area (Å²) in [5.41, 5.74) is 0. The van der Waals surface area contributed by atoms with Gasteiger partial charge < -0.3 is 4.90 Å². The quantitative estimate of drug-likeness (QED) is 0.582. The van der Waals surface area contributed by atoms with Crippen LogP contribution < -0.4 is 0 Å². The van der Waals surface area contributed by atoms with E-state index in [4.69, 9.17) is 0 Å². The summed E-state index contributed by atoms with van der Waals surface area (Å²) in [4.78, 5) is 2.21. The fourth-order valence-corrected chi connectivity index (χ4v) is 3.71. The molecule has 0 saturated carbocycles. The van der Waals surface area contributed by atoms with Crippen LogP contribution in [0.15, 0.2) is 0 Å². The van der Waals surface area contributed by atoms with Gasteiger partial charge in [-0.05, 0) is 19.4 Å². The molecule has 5 heteroatoms. The van der Waals surface area contributed by atoms with E-state index in [0.29, 0.717) is 5.92 Å². The van der Waals surface area contributed by atoms with Crippen molar-refractivity contribution in [2.45, 2.75) is 12.5 Å². The lowest BCUT2D eigenvalue weighted by Gasteiger charge is -2.21. The van der Waals surface area contributed by atoms with Crippen molar-refractivity contribution in [3.05, 3.63) is 0 Å². The largest absolute Gasteiger partial charge is 0.304 e. The van der Waals surface area contributed by atoms with Gasteiger partial charge in [-0.1, -0.05) is 0 Å². The number of sulfonamides is 1. The zero-order chi connectivity index (χ0) is 9.64. The second-order valence-electron chi connectivity index (χ2n) is 4.21. The number of likely N-dealkylation sites (tertiary alicyclic amines) is 1. The van der Waals surface area contributed by atoms with E-state index >= 15 is 0 Å². The standard InChI is InChI=1S/C8H16N2O2S/c1-9-5-7-3-4-10(8(7)6-9)13(2,11)12/h7-8H,3-6H2,1-2H3. The summed E-state index contributed by atoms with van der Waals surface area (Å²) in [6.45, 7) is 2.68. The molecule has 2 heterocycles. The number of hydrogen-bond donors (Lipinski definition) is 0. The molecule has 0 aromatic carbocycles. The minimum Gasteiger partial charge on any atom is -0.304 e. The molecule has 0 aliphatic carbocycles. The topological polar surface area (TPSA) is 40.6 Å². The van der Waals surface area contributed by atoms with Gasteiger partial charge in [-0.25, -0.2) is 8.42 Å². The van der Waals surface area contributed by atoms with Crippen LogP contribution in [-0.2, 0) is 10.0 Å². The van der Waals surface area contributed by atoms with Crippen LogP contribution in [0.25, 0.3) is 0 Å². The van der Waals surface area contributed by atoms with Gasteiger partial charge >= 0.3 is 0 Å². The van der Waals surface area contributed by atoms with Gasteiger partial charge in [0.25, 0.3) is 0 Å². The van der Waals surface area contributed by atoms with Gasteiger partial charge in [0.1, 0.15) is 0 Å². The lowest BCUT2D eigenvalue weighted by molar-refractivity contribution is 0.339. The summed E-state index contributed by atoms with van der Waals surface area (Å²) < 4.78 is 24.4. The molecule has 0 N–H and O–H groups in total. The molecule has 2 fully saturated rings. The Kier molecular flexibility index (Phi) is 2.13. The van der Waals surface area contributed by atoms with E-state index in [1.807, 2.05) is 0 Å². The maximum absolute atomic E-state index is 11.4. The molecule has 2 rings (SSSR count).